The van der Waals surface area contributed by atoms with Crippen molar-refractivity contribution in [1.29, 1.82) is 0 Å². The highest BCUT2D eigenvalue weighted by molar-refractivity contribution is 7.88. The van der Waals surface area contributed by atoms with E-state index in [2.05, 4.69) is 4.72 Å². The number of benzene rings is 1. The lowest BCUT2D eigenvalue weighted by atomic mass is 9.88. The molecule has 4 nitrogen and oxygen atoms in total. The summed E-state index contributed by atoms with van der Waals surface area (Å²) < 4.78 is 25.1. The van der Waals surface area contributed by atoms with Crippen LogP contribution in [0.2, 0.25) is 0 Å². The number of rotatable bonds is 2. The van der Waals surface area contributed by atoms with Gasteiger partial charge in [0.2, 0.25) is 10.0 Å². The minimum atomic E-state index is -3.16. The van der Waals surface area contributed by atoms with Crippen molar-refractivity contribution in [3.05, 3.63) is 29.3 Å². The molecule has 16 heavy (non-hydrogen) atoms. The second-order valence-corrected chi connectivity index (χ2v) is 6.07. The lowest BCUT2D eigenvalue weighted by Gasteiger charge is -2.25. The van der Waals surface area contributed by atoms with Gasteiger partial charge < -0.3 is 5.73 Å². The first kappa shape index (κ1) is 11.4. The van der Waals surface area contributed by atoms with Crippen LogP contribution in [0, 0.1) is 0 Å². The summed E-state index contributed by atoms with van der Waals surface area (Å²) in [6.07, 6.45) is 4.01. The van der Waals surface area contributed by atoms with Crippen molar-refractivity contribution >= 4 is 15.7 Å². The van der Waals surface area contributed by atoms with Gasteiger partial charge in [-0.05, 0) is 42.5 Å². The van der Waals surface area contributed by atoms with Crippen molar-refractivity contribution in [2.75, 3.05) is 12.0 Å². The van der Waals surface area contributed by atoms with Crippen LogP contribution in [-0.4, -0.2) is 14.7 Å². The third-order valence-electron chi connectivity index (χ3n) is 2.84. The highest BCUT2D eigenvalue weighted by Gasteiger charge is 2.22. The second-order valence-electron chi connectivity index (χ2n) is 4.29. The predicted molar refractivity (Wildman–Crippen MR) is 64.5 cm³/mol. The molecule has 5 heteroatoms. The number of nitrogens with two attached hydrogens (primary N) is 1. The van der Waals surface area contributed by atoms with E-state index >= 15 is 0 Å². The molecule has 0 heterocycles. The maximum atomic E-state index is 11.2. The number of hydrogen-bond donors (Lipinski definition) is 2. The summed E-state index contributed by atoms with van der Waals surface area (Å²) in [5.74, 6) is 0. The molecule has 0 spiro atoms. The van der Waals surface area contributed by atoms with E-state index in [-0.39, 0.29) is 6.04 Å². The average molecular weight is 240 g/mol. The Balaban J connectivity index is 2.33. The van der Waals surface area contributed by atoms with E-state index in [1.54, 1.807) is 0 Å². The van der Waals surface area contributed by atoms with E-state index in [0.717, 1.165) is 36.1 Å². The number of hydrogen-bond acceptors (Lipinski definition) is 3. The zero-order valence-corrected chi connectivity index (χ0v) is 10.0. The van der Waals surface area contributed by atoms with Gasteiger partial charge in [-0.3, -0.25) is 0 Å². The van der Waals surface area contributed by atoms with E-state index in [1.165, 1.54) is 6.26 Å². The molecule has 1 atom stereocenters. The summed E-state index contributed by atoms with van der Waals surface area (Å²) in [6.45, 7) is 0. The van der Waals surface area contributed by atoms with Crippen LogP contribution in [0.3, 0.4) is 0 Å². The summed E-state index contributed by atoms with van der Waals surface area (Å²) in [4.78, 5) is 0. The Hall–Kier alpha value is -1.07. The molecule has 0 bridgehead atoms. The maximum Gasteiger partial charge on any atom is 0.209 e. The van der Waals surface area contributed by atoms with Crippen LogP contribution < -0.4 is 10.5 Å². The molecule has 0 fully saturated rings. The molecule has 2 rings (SSSR count). The summed E-state index contributed by atoms with van der Waals surface area (Å²) in [5.41, 5.74) is 8.67. The van der Waals surface area contributed by atoms with Gasteiger partial charge in [0, 0.05) is 11.7 Å². The van der Waals surface area contributed by atoms with Crippen LogP contribution in [0.5, 0.6) is 0 Å². The number of aryl methyl sites for hydroxylation is 1. The van der Waals surface area contributed by atoms with Crippen molar-refractivity contribution in [3.63, 3.8) is 0 Å². The lowest BCUT2D eigenvalue weighted by molar-refractivity contribution is 0.510. The lowest BCUT2D eigenvalue weighted by Crippen LogP contribution is -2.30. The molecule has 1 aromatic carbocycles. The standard InChI is InChI=1S/C11H16N2O2S/c1-16(14,15)13-11-4-2-3-8-7-9(12)5-6-10(8)11/h5-7,11,13H,2-4,12H2,1H3. The molecule has 88 valence electrons. The van der Waals surface area contributed by atoms with Gasteiger partial charge in [-0.2, -0.15) is 0 Å². The van der Waals surface area contributed by atoms with Gasteiger partial charge >= 0.3 is 0 Å². The topological polar surface area (TPSA) is 72.2 Å². The molecule has 0 aromatic heterocycles. The third-order valence-corrected chi connectivity index (χ3v) is 3.55. The Morgan fingerprint density at radius 2 is 2.19 bits per heavy atom. The first-order valence-electron chi connectivity index (χ1n) is 5.31. The van der Waals surface area contributed by atoms with Crippen molar-refractivity contribution in [2.45, 2.75) is 25.3 Å². The Morgan fingerprint density at radius 3 is 2.88 bits per heavy atom. The van der Waals surface area contributed by atoms with Crippen LogP contribution >= 0.6 is 0 Å². The zero-order chi connectivity index (χ0) is 11.8. The molecule has 1 aliphatic carbocycles. The molecule has 0 aliphatic heterocycles. The molecular weight excluding hydrogens is 224 g/mol. The normalized spacial score (nSPS) is 20.4. The van der Waals surface area contributed by atoms with Crippen molar-refractivity contribution < 1.29 is 8.42 Å². The summed E-state index contributed by atoms with van der Waals surface area (Å²) in [6, 6.07) is 5.58. The number of nitrogen functional groups attached to an aromatic ring is 1. The van der Waals surface area contributed by atoms with E-state index < -0.39 is 10.0 Å². The van der Waals surface area contributed by atoms with Crippen molar-refractivity contribution in [1.82, 2.24) is 4.72 Å². The van der Waals surface area contributed by atoms with Crippen LogP contribution in [0.25, 0.3) is 0 Å². The minimum Gasteiger partial charge on any atom is -0.399 e. The molecular formula is C11H16N2O2S. The second kappa shape index (κ2) is 4.07. The summed E-state index contributed by atoms with van der Waals surface area (Å²) in [7, 11) is -3.16. The van der Waals surface area contributed by atoms with Gasteiger partial charge in [0.25, 0.3) is 0 Å². The predicted octanol–water partition coefficient (Wildman–Crippen LogP) is 1.20. The fourth-order valence-corrected chi connectivity index (χ4v) is 2.98. The van der Waals surface area contributed by atoms with Crippen LogP contribution in [-0.2, 0) is 16.4 Å². The van der Waals surface area contributed by atoms with Gasteiger partial charge in [0.15, 0.2) is 0 Å². The average Bonchev–Trinajstić information content (AvgIpc) is 2.15. The largest absolute Gasteiger partial charge is 0.399 e. The van der Waals surface area contributed by atoms with Gasteiger partial charge in [0.1, 0.15) is 0 Å². The maximum absolute atomic E-state index is 11.2. The Morgan fingerprint density at radius 1 is 1.44 bits per heavy atom. The van der Waals surface area contributed by atoms with Crippen LogP contribution in [0.4, 0.5) is 5.69 Å². The molecule has 3 N–H and O–H groups in total. The Labute approximate surface area is 95.9 Å². The zero-order valence-electron chi connectivity index (χ0n) is 9.23. The first-order valence-corrected chi connectivity index (χ1v) is 7.20. The molecule has 0 radical (unpaired) electrons. The highest BCUT2D eigenvalue weighted by atomic mass is 32.2. The molecule has 0 saturated heterocycles. The van der Waals surface area contributed by atoms with E-state index in [9.17, 15) is 8.42 Å². The summed E-state index contributed by atoms with van der Waals surface area (Å²) >= 11 is 0. The van der Waals surface area contributed by atoms with Gasteiger partial charge in [0.05, 0.1) is 6.26 Å². The van der Waals surface area contributed by atoms with E-state index in [1.807, 2.05) is 18.2 Å². The molecule has 0 saturated carbocycles. The van der Waals surface area contributed by atoms with E-state index in [4.69, 9.17) is 5.73 Å². The first-order chi connectivity index (χ1) is 7.46. The monoisotopic (exact) mass is 240 g/mol. The van der Waals surface area contributed by atoms with Crippen molar-refractivity contribution in [2.24, 2.45) is 0 Å². The number of anilines is 1. The summed E-state index contributed by atoms with van der Waals surface area (Å²) in [5, 5.41) is 0. The molecule has 1 aromatic rings. The number of nitrogens with one attached hydrogen (secondary N) is 1. The third kappa shape index (κ3) is 2.54. The van der Waals surface area contributed by atoms with E-state index in [0.29, 0.717) is 0 Å². The smallest absolute Gasteiger partial charge is 0.209 e. The molecule has 1 unspecified atom stereocenters. The van der Waals surface area contributed by atoms with Gasteiger partial charge in [-0.1, -0.05) is 6.07 Å². The number of sulfonamides is 1. The van der Waals surface area contributed by atoms with Crippen LogP contribution in [0.1, 0.15) is 30.0 Å². The Bertz CT molecular complexity index is 497. The fourth-order valence-electron chi connectivity index (χ4n) is 2.22. The Kier molecular flexibility index (Phi) is 2.90. The van der Waals surface area contributed by atoms with Crippen molar-refractivity contribution in [3.8, 4) is 0 Å². The fraction of sp³-hybridized carbons (Fsp3) is 0.455. The van der Waals surface area contributed by atoms with Gasteiger partial charge in [-0.25, -0.2) is 13.1 Å². The van der Waals surface area contributed by atoms with Crippen LogP contribution in [0.15, 0.2) is 18.2 Å². The highest BCUT2D eigenvalue weighted by Crippen LogP contribution is 2.31. The SMILES string of the molecule is CS(=O)(=O)NC1CCCc2cc(N)ccc21. The molecule has 0 amide bonds. The minimum absolute atomic E-state index is 0.0978. The quantitative estimate of drug-likeness (QED) is 0.763. The number of fused-ring (bicyclic) bond motifs is 1. The van der Waals surface area contributed by atoms with Gasteiger partial charge in [-0.15, -0.1) is 0 Å². The molecule has 1 aliphatic rings.